The topological polar surface area (TPSA) is 92.0 Å². The number of amides is 1. The van der Waals surface area contributed by atoms with E-state index in [4.69, 9.17) is 5.73 Å². The fourth-order valence-corrected chi connectivity index (χ4v) is 6.64. The van der Waals surface area contributed by atoms with Crippen LogP contribution in [0.4, 0.5) is 0 Å². The first-order valence-corrected chi connectivity index (χ1v) is 14.3. The quantitative estimate of drug-likeness (QED) is 0.344. The van der Waals surface area contributed by atoms with Gasteiger partial charge in [0.25, 0.3) is 0 Å². The molecule has 1 saturated carbocycles. The Morgan fingerprint density at radius 3 is 2.63 bits per heavy atom. The second kappa shape index (κ2) is 10.5. The molecule has 1 aliphatic carbocycles. The molecule has 6 rings (SSSR count). The number of benzene rings is 2. The van der Waals surface area contributed by atoms with Gasteiger partial charge in [-0.3, -0.25) is 9.48 Å². The molecule has 0 radical (unpaired) electrons. The molecule has 0 unspecified atom stereocenters. The van der Waals surface area contributed by atoms with Crippen LogP contribution in [0.1, 0.15) is 62.5 Å². The highest BCUT2D eigenvalue weighted by Gasteiger charge is 2.26. The highest BCUT2D eigenvalue weighted by atomic mass is 16.2. The van der Waals surface area contributed by atoms with Gasteiger partial charge in [0.1, 0.15) is 0 Å². The summed E-state index contributed by atoms with van der Waals surface area (Å²) in [4.78, 5) is 18.6. The molecule has 2 aliphatic rings. The molecule has 4 N–H and O–H groups in total. The van der Waals surface area contributed by atoms with Crippen molar-refractivity contribution >= 4 is 27.7 Å². The molecule has 7 heteroatoms. The summed E-state index contributed by atoms with van der Waals surface area (Å²) in [5.41, 5.74) is 13.5. The van der Waals surface area contributed by atoms with Crippen molar-refractivity contribution in [1.29, 1.82) is 0 Å². The highest BCUT2D eigenvalue weighted by molar-refractivity contribution is 5.99. The number of carbonyl (C=O) groups excluding carboxylic acids is 1. The Balaban J connectivity index is 1.15. The Morgan fingerprint density at radius 1 is 1.08 bits per heavy atom. The van der Waals surface area contributed by atoms with Crippen molar-refractivity contribution < 1.29 is 4.79 Å². The van der Waals surface area contributed by atoms with Crippen molar-refractivity contribution in [2.75, 3.05) is 19.6 Å². The molecule has 1 saturated heterocycles. The molecule has 38 heavy (non-hydrogen) atoms. The fourth-order valence-electron chi connectivity index (χ4n) is 6.64. The summed E-state index contributed by atoms with van der Waals surface area (Å²) in [7, 11) is 1.99. The molecule has 200 valence electrons. The van der Waals surface area contributed by atoms with Gasteiger partial charge in [-0.1, -0.05) is 25.1 Å². The van der Waals surface area contributed by atoms with E-state index in [1.54, 1.807) is 0 Å². The van der Waals surface area contributed by atoms with E-state index < -0.39 is 0 Å². The van der Waals surface area contributed by atoms with Gasteiger partial charge in [-0.2, -0.15) is 5.10 Å². The lowest BCUT2D eigenvalue weighted by Gasteiger charge is -2.33. The molecule has 3 heterocycles. The zero-order valence-electron chi connectivity index (χ0n) is 22.7. The highest BCUT2D eigenvalue weighted by Crippen LogP contribution is 2.37. The van der Waals surface area contributed by atoms with Crippen LogP contribution in [0.15, 0.2) is 42.6 Å². The number of nitrogens with zero attached hydrogens (tertiary/aromatic N) is 3. The number of hydrogen-bond acceptors (Lipinski definition) is 4. The van der Waals surface area contributed by atoms with E-state index in [2.05, 4.69) is 63.6 Å². The average Bonchev–Trinajstić information content (AvgIpc) is 3.52. The standard InChI is InChI=1S/C31H40N6O/c1-3-24-26-17-21(7-12-28(26)35-31(24)25-5-4-6-29-27(25)18-34-36(29)2)20-13-15-37(16-14-20)30(38)19-33-23-10-8-22(32)9-11-23/h4-7,12,17-18,20,22-23,33,35H,3,8-11,13-16,19,32H2,1-2H3. The third kappa shape index (κ3) is 4.74. The Morgan fingerprint density at radius 2 is 1.87 bits per heavy atom. The minimum absolute atomic E-state index is 0.238. The first-order valence-electron chi connectivity index (χ1n) is 14.3. The summed E-state index contributed by atoms with van der Waals surface area (Å²) in [6, 6.07) is 14.1. The molecule has 0 bridgehead atoms. The molecule has 1 aliphatic heterocycles. The van der Waals surface area contributed by atoms with E-state index in [1.165, 1.54) is 38.7 Å². The molecule has 7 nitrogen and oxygen atoms in total. The van der Waals surface area contributed by atoms with E-state index >= 15 is 0 Å². The van der Waals surface area contributed by atoms with Gasteiger partial charge in [-0.15, -0.1) is 0 Å². The SMILES string of the molecule is CCc1c(-c2cccc3c2cnn3C)[nH]c2ccc(C3CCN(C(=O)CNC4CCC(N)CC4)CC3)cc12. The lowest BCUT2D eigenvalue weighted by Crippen LogP contribution is -2.46. The lowest BCUT2D eigenvalue weighted by atomic mass is 9.88. The van der Waals surface area contributed by atoms with Gasteiger partial charge in [0.2, 0.25) is 5.91 Å². The minimum atomic E-state index is 0.238. The number of carbonyl (C=O) groups is 1. The fraction of sp³-hybridized carbons (Fsp3) is 0.484. The Labute approximate surface area is 224 Å². The summed E-state index contributed by atoms with van der Waals surface area (Å²) < 4.78 is 1.93. The smallest absolute Gasteiger partial charge is 0.236 e. The molecular formula is C31H40N6O. The van der Waals surface area contributed by atoms with Gasteiger partial charge < -0.3 is 20.9 Å². The number of H-pyrrole nitrogens is 1. The average molecular weight is 513 g/mol. The first-order chi connectivity index (χ1) is 18.5. The minimum Gasteiger partial charge on any atom is -0.354 e. The van der Waals surface area contributed by atoms with Crippen molar-refractivity contribution in [3.05, 3.63) is 53.7 Å². The van der Waals surface area contributed by atoms with E-state index in [0.717, 1.165) is 63.6 Å². The van der Waals surface area contributed by atoms with E-state index in [1.807, 2.05) is 17.9 Å². The molecule has 4 aromatic rings. The number of nitrogens with two attached hydrogens (primary N) is 1. The summed E-state index contributed by atoms with van der Waals surface area (Å²) in [5, 5.41) is 10.5. The molecule has 2 aromatic carbocycles. The Kier molecular flexibility index (Phi) is 6.97. The van der Waals surface area contributed by atoms with Gasteiger partial charge in [0, 0.05) is 54.1 Å². The summed E-state index contributed by atoms with van der Waals surface area (Å²) >= 11 is 0. The molecule has 0 spiro atoms. The molecule has 2 aromatic heterocycles. The van der Waals surface area contributed by atoms with Crippen LogP contribution in [0.2, 0.25) is 0 Å². The van der Waals surface area contributed by atoms with Gasteiger partial charge in [-0.25, -0.2) is 0 Å². The number of aryl methyl sites for hydroxylation is 2. The maximum Gasteiger partial charge on any atom is 0.236 e. The van der Waals surface area contributed by atoms with Crippen molar-refractivity contribution in [3.8, 4) is 11.3 Å². The Bertz CT molecular complexity index is 1440. The van der Waals surface area contributed by atoms with Gasteiger partial charge >= 0.3 is 0 Å². The van der Waals surface area contributed by atoms with E-state index in [0.29, 0.717) is 24.5 Å². The van der Waals surface area contributed by atoms with Crippen LogP contribution in [-0.4, -0.2) is 57.3 Å². The predicted molar refractivity (Wildman–Crippen MR) is 154 cm³/mol. The molecule has 0 atom stereocenters. The maximum atomic E-state index is 12.9. The van der Waals surface area contributed by atoms with Gasteiger partial charge in [0.15, 0.2) is 0 Å². The monoisotopic (exact) mass is 512 g/mol. The normalized spacial score (nSPS) is 21.0. The summed E-state index contributed by atoms with van der Waals surface area (Å²) in [6.07, 6.45) is 9.24. The number of likely N-dealkylation sites (tertiary alicyclic amines) is 1. The first kappa shape index (κ1) is 25.1. The van der Waals surface area contributed by atoms with E-state index in [-0.39, 0.29) is 5.91 Å². The number of rotatable bonds is 6. The van der Waals surface area contributed by atoms with Crippen LogP contribution in [0.25, 0.3) is 33.1 Å². The maximum absolute atomic E-state index is 12.9. The van der Waals surface area contributed by atoms with Crippen LogP contribution in [-0.2, 0) is 18.3 Å². The zero-order valence-corrected chi connectivity index (χ0v) is 22.7. The second-order valence-electron chi connectivity index (χ2n) is 11.3. The molecular weight excluding hydrogens is 472 g/mol. The van der Waals surface area contributed by atoms with Crippen LogP contribution in [0, 0.1) is 0 Å². The van der Waals surface area contributed by atoms with Crippen molar-refractivity contribution in [2.45, 2.75) is 69.9 Å². The van der Waals surface area contributed by atoms with Crippen molar-refractivity contribution in [2.24, 2.45) is 12.8 Å². The predicted octanol–water partition coefficient (Wildman–Crippen LogP) is 4.85. The number of nitrogens with one attached hydrogen (secondary N) is 2. The number of aromatic amines is 1. The third-order valence-corrected chi connectivity index (χ3v) is 8.98. The summed E-state index contributed by atoms with van der Waals surface area (Å²) in [5.74, 6) is 0.725. The van der Waals surface area contributed by atoms with Crippen molar-refractivity contribution in [1.82, 2.24) is 25.0 Å². The van der Waals surface area contributed by atoms with Crippen LogP contribution >= 0.6 is 0 Å². The van der Waals surface area contributed by atoms with Gasteiger partial charge in [-0.05, 0) is 80.2 Å². The van der Waals surface area contributed by atoms with Crippen LogP contribution in [0.5, 0.6) is 0 Å². The van der Waals surface area contributed by atoms with Crippen LogP contribution in [0.3, 0.4) is 0 Å². The summed E-state index contributed by atoms with van der Waals surface area (Å²) in [6.45, 7) is 4.36. The number of fused-ring (bicyclic) bond motifs is 2. The Hall–Kier alpha value is -3.16. The van der Waals surface area contributed by atoms with Crippen molar-refractivity contribution in [3.63, 3.8) is 0 Å². The number of aromatic nitrogens is 3. The van der Waals surface area contributed by atoms with E-state index in [9.17, 15) is 4.79 Å². The third-order valence-electron chi connectivity index (χ3n) is 8.98. The number of piperidine rings is 1. The zero-order chi connectivity index (χ0) is 26.2. The van der Waals surface area contributed by atoms with Gasteiger partial charge in [0.05, 0.1) is 24.0 Å². The largest absolute Gasteiger partial charge is 0.354 e. The lowest BCUT2D eigenvalue weighted by molar-refractivity contribution is -0.131. The molecule has 1 amide bonds. The van der Waals surface area contributed by atoms with Crippen LogP contribution < -0.4 is 11.1 Å². The number of hydrogen-bond donors (Lipinski definition) is 3. The second-order valence-corrected chi connectivity index (χ2v) is 11.3. The molecule has 2 fully saturated rings.